The Morgan fingerprint density at radius 2 is 2.29 bits per heavy atom. The van der Waals surface area contributed by atoms with Crippen LogP contribution in [0.25, 0.3) is 16.8 Å². The molecular formula is C7H6N6O. The molecule has 0 unspecified atom stereocenters. The van der Waals surface area contributed by atoms with Gasteiger partial charge in [0.05, 0.1) is 6.33 Å². The summed E-state index contributed by atoms with van der Waals surface area (Å²) in [7, 11) is 0. The minimum Gasteiger partial charge on any atom is -0.340 e. The Morgan fingerprint density at radius 3 is 3.14 bits per heavy atom. The Bertz CT molecular complexity index is 674. The summed E-state index contributed by atoms with van der Waals surface area (Å²) >= 11 is 0. The van der Waals surface area contributed by atoms with E-state index in [2.05, 4.69) is 25.1 Å². The molecule has 0 saturated heterocycles. The standard InChI is InChI=1S/C7H6N6O/c1-3-11-12-6-4-5(9-2-8-4)10-7(14)13(3)6/h2H,1H3,(H,8,9)(H,10,14). The van der Waals surface area contributed by atoms with Gasteiger partial charge >= 0.3 is 5.69 Å². The van der Waals surface area contributed by atoms with Gasteiger partial charge in [-0.15, -0.1) is 10.2 Å². The first-order valence-electron chi connectivity index (χ1n) is 4.04. The van der Waals surface area contributed by atoms with Crippen molar-refractivity contribution < 1.29 is 0 Å². The predicted octanol–water partition coefficient (Wildman–Crippen LogP) is -0.398. The van der Waals surface area contributed by atoms with Crippen molar-refractivity contribution in [1.29, 1.82) is 0 Å². The summed E-state index contributed by atoms with van der Waals surface area (Å²) in [6.45, 7) is 1.72. The van der Waals surface area contributed by atoms with Crippen LogP contribution in [0.3, 0.4) is 0 Å². The third kappa shape index (κ3) is 0.709. The zero-order valence-corrected chi connectivity index (χ0v) is 7.27. The molecule has 14 heavy (non-hydrogen) atoms. The Hall–Kier alpha value is -2.18. The summed E-state index contributed by atoms with van der Waals surface area (Å²) in [6.07, 6.45) is 1.50. The topological polar surface area (TPSA) is 91.7 Å². The van der Waals surface area contributed by atoms with Crippen molar-refractivity contribution in [3.8, 4) is 0 Å². The van der Waals surface area contributed by atoms with Gasteiger partial charge in [-0.3, -0.25) is 4.98 Å². The summed E-state index contributed by atoms with van der Waals surface area (Å²) in [5.74, 6) is 0.553. The molecule has 0 aliphatic rings. The average Bonchev–Trinajstić information content (AvgIpc) is 2.71. The molecule has 7 heteroatoms. The molecule has 0 amide bonds. The number of rotatable bonds is 0. The van der Waals surface area contributed by atoms with E-state index < -0.39 is 0 Å². The monoisotopic (exact) mass is 190 g/mol. The predicted molar refractivity (Wildman–Crippen MR) is 48.0 cm³/mol. The molecule has 0 saturated carbocycles. The molecule has 3 rings (SSSR count). The molecular weight excluding hydrogens is 184 g/mol. The maximum absolute atomic E-state index is 11.5. The number of aromatic nitrogens is 6. The fourth-order valence-corrected chi connectivity index (χ4v) is 1.48. The molecule has 70 valence electrons. The Kier molecular flexibility index (Phi) is 1.13. The van der Waals surface area contributed by atoms with Crippen LogP contribution in [-0.4, -0.2) is 29.5 Å². The summed E-state index contributed by atoms with van der Waals surface area (Å²) in [5.41, 5.74) is 1.40. The zero-order chi connectivity index (χ0) is 9.71. The lowest BCUT2D eigenvalue weighted by Crippen LogP contribution is -2.17. The van der Waals surface area contributed by atoms with Crippen LogP contribution in [0.1, 0.15) is 5.82 Å². The number of hydrogen-bond donors (Lipinski definition) is 2. The van der Waals surface area contributed by atoms with Crippen LogP contribution >= 0.6 is 0 Å². The van der Waals surface area contributed by atoms with Crippen LogP contribution in [0, 0.1) is 6.92 Å². The third-order valence-corrected chi connectivity index (χ3v) is 2.12. The number of fused-ring (bicyclic) bond motifs is 3. The van der Waals surface area contributed by atoms with Crippen molar-refractivity contribution in [1.82, 2.24) is 29.5 Å². The number of imidazole rings is 1. The van der Waals surface area contributed by atoms with Gasteiger partial charge in [0, 0.05) is 0 Å². The maximum atomic E-state index is 11.5. The van der Waals surface area contributed by atoms with Crippen LogP contribution in [0.4, 0.5) is 0 Å². The van der Waals surface area contributed by atoms with Crippen LogP contribution in [0.2, 0.25) is 0 Å². The zero-order valence-electron chi connectivity index (χ0n) is 7.27. The van der Waals surface area contributed by atoms with Crippen LogP contribution < -0.4 is 5.69 Å². The highest BCUT2D eigenvalue weighted by Gasteiger charge is 2.10. The first-order valence-corrected chi connectivity index (χ1v) is 4.04. The first kappa shape index (κ1) is 7.25. The maximum Gasteiger partial charge on any atom is 0.334 e. The van der Waals surface area contributed by atoms with Gasteiger partial charge in [0.2, 0.25) is 0 Å². The molecule has 3 aromatic rings. The molecule has 0 atom stereocenters. The fourth-order valence-electron chi connectivity index (χ4n) is 1.48. The highest BCUT2D eigenvalue weighted by molar-refractivity contribution is 5.84. The lowest BCUT2D eigenvalue weighted by molar-refractivity contribution is 0.946. The molecule has 0 aliphatic carbocycles. The van der Waals surface area contributed by atoms with Gasteiger partial charge in [0.25, 0.3) is 0 Å². The quantitative estimate of drug-likeness (QED) is 0.504. The molecule has 7 nitrogen and oxygen atoms in total. The van der Waals surface area contributed by atoms with E-state index >= 15 is 0 Å². The Morgan fingerprint density at radius 1 is 1.43 bits per heavy atom. The second kappa shape index (κ2) is 2.19. The summed E-state index contributed by atoms with van der Waals surface area (Å²) in [4.78, 5) is 21.0. The molecule has 2 N–H and O–H groups in total. The van der Waals surface area contributed by atoms with E-state index in [0.717, 1.165) is 0 Å². The molecule has 0 radical (unpaired) electrons. The van der Waals surface area contributed by atoms with Crippen molar-refractivity contribution in [3.05, 3.63) is 22.6 Å². The van der Waals surface area contributed by atoms with Crippen molar-refractivity contribution in [3.63, 3.8) is 0 Å². The van der Waals surface area contributed by atoms with Gasteiger partial charge in [0.15, 0.2) is 11.3 Å². The van der Waals surface area contributed by atoms with Gasteiger partial charge in [-0.1, -0.05) is 0 Å². The van der Waals surface area contributed by atoms with Gasteiger partial charge in [-0.2, -0.15) is 0 Å². The number of nitrogens with zero attached hydrogens (tertiary/aromatic N) is 4. The van der Waals surface area contributed by atoms with E-state index in [0.29, 0.717) is 22.6 Å². The average molecular weight is 190 g/mol. The lowest BCUT2D eigenvalue weighted by Gasteiger charge is -1.93. The van der Waals surface area contributed by atoms with E-state index in [4.69, 9.17) is 0 Å². The van der Waals surface area contributed by atoms with Crippen molar-refractivity contribution in [2.75, 3.05) is 0 Å². The molecule has 0 aliphatic heterocycles. The van der Waals surface area contributed by atoms with E-state index in [9.17, 15) is 4.79 Å². The van der Waals surface area contributed by atoms with Crippen molar-refractivity contribution in [2.24, 2.45) is 0 Å². The second-order valence-electron chi connectivity index (χ2n) is 2.96. The minimum absolute atomic E-state index is 0.276. The van der Waals surface area contributed by atoms with Crippen LogP contribution in [0.5, 0.6) is 0 Å². The Labute approximate surface area is 76.8 Å². The van der Waals surface area contributed by atoms with Gasteiger partial charge in [-0.25, -0.2) is 14.2 Å². The minimum atomic E-state index is -0.276. The molecule has 0 spiro atoms. The molecule has 3 aromatic heterocycles. The number of nitrogens with one attached hydrogen (secondary N) is 2. The molecule has 0 bridgehead atoms. The van der Waals surface area contributed by atoms with Gasteiger partial charge < -0.3 is 4.98 Å². The number of aryl methyl sites for hydroxylation is 1. The van der Waals surface area contributed by atoms with Crippen molar-refractivity contribution in [2.45, 2.75) is 6.92 Å². The lowest BCUT2D eigenvalue weighted by atomic mass is 10.5. The normalized spacial score (nSPS) is 11.5. The van der Waals surface area contributed by atoms with Crippen molar-refractivity contribution >= 4 is 16.8 Å². The third-order valence-electron chi connectivity index (χ3n) is 2.12. The van der Waals surface area contributed by atoms with Gasteiger partial charge in [-0.05, 0) is 6.92 Å². The number of aromatic amines is 2. The summed E-state index contributed by atoms with van der Waals surface area (Å²) in [5, 5.41) is 7.73. The second-order valence-corrected chi connectivity index (χ2v) is 2.96. The summed E-state index contributed by atoms with van der Waals surface area (Å²) in [6, 6.07) is 0. The van der Waals surface area contributed by atoms with Gasteiger partial charge in [0.1, 0.15) is 11.3 Å². The number of hydrogen-bond acceptors (Lipinski definition) is 4. The highest BCUT2D eigenvalue weighted by Crippen LogP contribution is 2.09. The van der Waals surface area contributed by atoms with E-state index in [1.54, 1.807) is 6.92 Å². The smallest absolute Gasteiger partial charge is 0.334 e. The molecule has 0 aromatic carbocycles. The first-order chi connectivity index (χ1) is 6.77. The number of H-pyrrole nitrogens is 2. The van der Waals surface area contributed by atoms with E-state index in [-0.39, 0.29) is 5.69 Å². The largest absolute Gasteiger partial charge is 0.340 e. The van der Waals surface area contributed by atoms with Crippen LogP contribution in [0.15, 0.2) is 11.1 Å². The SMILES string of the molecule is Cc1nnc2c3[nH]cnc3[nH]c(=O)n12. The van der Waals surface area contributed by atoms with Crippen LogP contribution in [-0.2, 0) is 0 Å². The molecule has 0 fully saturated rings. The summed E-state index contributed by atoms with van der Waals surface area (Å²) < 4.78 is 1.40. The van der Waals surface area contributed by atoms with E-state index in [1.807, 2.05) is 0 Å². The highest BCUT2D eigenvalue weighted by atomic mass is 16.1. The molecule has 3 heterocycles. The van der Waals surface area contributed by atoms with E-state index in [1.165, 1.54) is 10.7 Å². The Balaban J connectivity index is 2.76. The fraction of sp³-hybridized carbons (Fsp3) is 0.143.